The second-order valence-electron chi connectivity index (χ2n) is 3.84. The van der Waals surface area contributed by atoms with Crippen LogP contribution in [-0.2, 0) is 19.0 Å². The van der Waals surface area contributed by atoms with Gasteiger partial charge in [0.15, 0.2) is 0 Å². The first kappa shape index (κ1) is 14.1. The molecule has 1 rings (SSSR count). The van der Waals surface area contributed by atoms with Crippen LogP contribution in [0.1, 0.15) is 6.92 Å². The highest BCUT2D eigenvalue weighted by Gasteiger charge is 2.48. The van der Waals surface area contributed by atoms with Crippen LogP contribution < -0.4 is 0 Å². The highest BCUT2D eigenvalue weighted by molar-refractivity contribution is 5.79. The molecule has 0 unspecified atom stereocenters. The highest BCUT2D eigenvalue weighted by atomic mass is 19.1. The van der Waals surface area contributed by atoms with Gasteiger partial charge < -0.3 is 14.2 Å². The van der Waals surface area contributed by atoms with Crippen molar-refractivity contribution in [2.24, 2.45) is 5.41 Å². The average molecular weight is 250 g/mol. The zero-order chi connectivity index (χ0) is 12.9. The van der Waals surface area contributed by atoms with Gasteiger partial charge >= 0.3 is 5.97 Å². The summed E-state index contributed by atoms with van der Waals surface area (Å²) in [7, 11) is 0. The maximum Gasteiger partial charge on any atom is 0.320 e. The van der Waals surface area contributed by atoms with Gasteiger partial charge in [0.25, 0.3) is 0 Å². The normalized spacial score (nSPS) is 21.8. The fourth-order valence-corrected chi connectivity index (χ4v) is 1.39. The second-order valence-corrected chi connectivity index (χ2v) is 3.84. The summed E-state index contributed by atoms with van der Waals surface area (Å²) < 4.78 is 40.1. The molecule has 1 heterocycles. The van der Waals surface area contributed by atoms with E-state index in [0.717, 1.165) is 0 Å². The first-order valence-corrected chi connectivity index (χ1v) is 5.29. The van der Waals surface area contributed by atoms with Crippen LogP contribution in [0.2, 0.25) is 0 Å². The van der Waals surface area contributed by atoms with Gasteiger partial charge in [-0.2, -0.15) is 0 Å². The minimum absolute atomic E-state index is 0.200. The standard InChI is InChI=1S/C11H16F2O4/c1-3-10(9(14)15-4-2)7-16-11(5-12,6-13)17-8-10/h3H,1,4-8H2,2H3. The highest BCUT2D eigenvalue weighted by Crippen LogP contribution is 2.33. The molecule has 0 bridgehead atoms. The molecule has 0 radical (unpaired) electrons. The summed E-state index contributed by atoms with van der Waals surface area (Å²) in [6.45, 7) is 2.74. The van der Waals surface area contributed by atoms with Gasteiger partial charge in [0.05, 0.1) is 19.8 Å². The molecule has 0 N–H and O–H groups in total. The quantitative estimate of drug-likeness (QED) is 0.546. The Labute approximate surface area is 98.5 Å². The van der Waals surface area contributed by atoms with Crippen molar-refractivity contribution < 1.29 is 27.8 Å². The average Bonchev–Trinajstić information content (AvgIpc) is 2.39. The predicted octanol–water partition coefficient (Wildman–Crippen LogP) is 1.40. The van der Waals surface area contributed by atoms with Crippen LogP contribution in [0.4, 0.5) is 8.78 Å². The van der Waals surface area contributed by atoms with E-state index >= 15 is 0 Å². The minimum atomic E-state index is -1.89. The number of carbonyl (C=O) groups excluding carboxylic acids is 1. The van der Waals surface area contributed by atoms with Crippen molar-refractivity contribution >= 4 is 5.97 Å². The summed E-state index contributed by atoms with van der Waals surface area (Å²) in [5.74, 6) is -2.46. The van der Waals surface area contributed by atoms with Crippen LogP contribution >= 0.6 is 0 Å². The van der Waals surface area contributed by atoms with Crippen molar-refractivity contribution in [3.05, 3.63) is 12.7 Å². The number of alkyl halides is 2. The Morgan fingerprint density at radius 2 is 1.94 bits per heavy atom. The SMILES string of the molecule is C=CC1(C(=O)OCC)COC(CF)(CF)OC1. The largest absolute Gasteiger partial charge is 0.465 e. The lowest BCUT2D eigenvalue weighted by atomic mass is 9.89. The molecule has 0 aromatic heterocycles. The summed E-state index contributed by atoms with van der Waals surface area (Å²) in [5.41, 5.74) is -1.19. The van der Waals surface area contributed by atoms with E-state index in [1.807, 2.05) is 0 Å². The second kappa shape index (κ2) is 5.55. The van der Waals surface area contributed by atoms with Crippen molar-refractivity contribution in [2.45, 2.75) is 12.7 Å². The van der Waals surface area contributed by atoms with Gasteiger partial charge in [-0.25, -0.2) is 8.78 Å². The lowest BCUT2D eigenvalue weighted by Gasteiger charge is -2.40. The van der Waals surface area contributed by atoms with Gasteiger partial charge in [0.1, 0.15) is 18.8 Å². The van der Waals surface area contributed by atoms with E-state index in [9.17, 15) is 13.6 Å². The van der Waals surface area contributed by atoms with Gasteiger partial charge in [-0.15, -0.1) is 6.58 Å². The Morgan fingerprint density at radius 3 is 2.29 bits per heavy atom. The number of halogens is 2. The molecule has 1 aliphatic rings. The summed E-state index contributed by atoms with van der Waals surface area (Å²) >= 11 is 0. The lowest BCUT2D eigenvalue weighted by molar-refractivity contribution is -0.304. The fourth-order valence-electron chi connectivity index (χ4n) is 1.39. The molecule has 0 aromatic carbocycles. The Bertz CT molecular complexity index is 279. The van der Waals surface area contributed by atoms with Crippen LogP contribution in [-0.4, -0.2) is 44.9 Å². The monoisotopic (exact) mass is 250 g/mol. The van der Waals surface area contributed by atoms with Gasteiger partial charge in [-0.3, -0.25) is 4.79 Å². The van der Waals surface area contributed by atoms with Crippen LogP contribution in [0.15, 0.2) is 12.7 Å². The van der Waals surface area contributed by atoms with E-state index in [0.29, 0.717) is 0 Å². The predicted molar refractivity (Wildman–Crippen MR) is 55.8 cm³/mol. The lowest BCUT2D eigenvalue weighted by Crippen LogP contribution is -2.54. The van der Waals surface area contributed by atoms with Crippen LogP contribution in [0, 0.1) is 5.41 Å². The summed E-state index contributed by atoms with van der Waals surface area (Å²) in [5, 5.41) is 0. The number of ether oxygens (including phenoxy) is 3. The molecular formula is C11H16F2O4. The maximum absolute atomic E-state index is 12.6. The van der Waals surface area contributed by atoms with Crippen molar-refractivity contribution in [1.29, 1.82) is 0 Å². The van der Waals surface area contributed by atoms with Crippen molar-refractivity contribution in [3.8, 4) is 0 Å². The molecule has 1 saturated heterocycles. The van der Waals surface area contributed by atoms with E-state index in [1.165, 1.54) is 6.08 Å². The molecule has 6 heteroatoms. The first-order chi connectivity index (χ1) is 8.08. The van der Waals surface area contributed by atoms with Gasteiger partial charge in [0, 0.05) is 0 Å². The Kier molecular flexibility index (Phi) is 4.59. The molecule has 0 aliphatic carbocycles. The number of carbonyl (C=O) groups is 1. The molecule has 4 nitrogen and oxygen atoms in total. The Hall–Kier alpha value is -1.01. The third kappa shape index (κ3) is 2.63. The van der Waals surface area contributed by atoms with E-state index in [2.05, 4.69) is 6.58 Å². The molecule has 0 amide bonds. The third-order valence-corrected chi connectivity index (χ3v) is 2.67. The molecule has 1 fully saturated rings. The zero-order valence-electron chi connectivity index (χ0n) is 9.71. The number of rotatable bonds is 5. The Morgan fingerprint density at radius 1 is 1.41 bits per heavy atom. The van der Waals surface area contributed by atoms with Gasteiger partial charge in [-0.1, -0.05) is 6.08 Å². The summed E-state index contributed by atoms with van der Waals surface area (Å²) in [6, 6.07) is 0. The zero-order valence-corrected chi connectivity index (χ0v) is 9.71. The van der Waals surface area contributed by atoms with E-state index in [4.69, 9.17) is 14.2 Å². The van der Waals surface area contributed by atoms with Gasteiger partial charge in [0.2, 0.25) is 5.79 Å². The van der Waals surface area contributed by atoms with E-state index < -0.39 is 30.5 Å². The summed E-state index contributed by atoms with van der Waals surface area (Å²) in [4.78, 5) is 11.7. The third-order valence-electron chi connectivity index (χ3n) is 2.67. The number of hydrogen-bond acceptors (Lipinski definition) is 4. The minimum Gasteiger partial charge on any atom is -0.465 e. The molecule has 0 saturated carbocycles. The van der Waals surface area contributed by atoms with Crippen molar-refractivity contribution in [1.82, 2.24) is 0 Å². The molecule has 0 atom stereocenters. The smallest absolute Gasteiger partial charge is 0.320 e. The van der Waals surface area contributed by atoms with Crippen molar-refractivity contribution in [2.75, 3.05) is 33.2 Å². The van der Waals surface area contributed by atoms with Gasteiger partial charge in [-0.05, 0) is 6.92 Å². The summed E-state index contributed by atoms with van der Waals surface area (Å²) in [6.07, 6.45) is 1.32. The maximum atomic E-state index is 12.6. The van der Waals surface area contributed by atoms with E-state index in [1.54, 1.807) is 6.92 Å². The topological polar surface area (TPSA) is 44.8 Å². The molecule has 17 heavy (non-hydrogen) atoms. The van der Waals surface area contributed by atoms with Crippen LogP contribution in [0.3, 0.4) is 0 Å². The number of esters is 1. The molecule has 98 valence electrons. The van der Waals surface area contributed by atoms with Crippen LogP contribution in [0.25, 0.3) is 0 Å². The van der Waals surface area contributed by atoms with E-state index in [-0.39, 0.29) is 19.8 Å². The molecule has 0 spiro atoms. The Balaban J connectivity index is 2.75. The molecule has 0 aromatic rings. The van der Waals surface area contributed by atoms with Crippen LogP contribution in [0.5, 0.6) is 0 Å². The molecule has 1 aliphatic heterocycles. The molecular weight excluding hydrogens is 234 g/mol. The first-order valence-electron chi connectivity index (χ1n) is 5.29. The number of hydrogen-bond donors (Lipinski definition) is 0. The fraction of sp³-hybridized carbons (Fsp3) is 0.727. The van der Waals surface area contributed by atoms with Crippen molar-refractivity contribution in [3.63, 3.8) is 0 Å².